The molecule has 9 heteroatoms. The number of carbonyl (C=O) groups excluding carboxylic acids is 1. The van der Waals surface area contributed by atoms with Gasteiger partial charge in [-0.3, -0.25) is 4.79 Å². The summed E-state index contributed by atoms with van der Waals surface area (Å²) in [6, 6.07) is 11.8. The Bertz CT molecular complexity index is 1120. The highest BCUT2D eigenvalue weighted by Crippen LogP contribution is 2.19. The molecule has 2 aromatic heterocycles. The molecule has 6 N–H and O–H groups in total. The fourth-order valence-corrected chi connectivity index (χ4v) is 2.38. The van der Waals surface area contributed by atoms with Crippen molar-refractivity contribution in [3.63, 3.8) is 0 Å². The molecule has 0 unspecified atom stereocenters. The Morgan fingerprint density at radius 1 is 1.28 bits per heavy atom. The first-order chi connectivity index (χ1) is 13.9. The number of hydrogen-bond donors (Lipinski definition) is 4. The SMILES string of the molecule is Cc1cc(C(=O)Nc2cccc(/C=C/C(N)=Nc3ccc(N)c(C=N)c3)n2)no1. The molecule has 0 bridgehead atoms. The number of aryl methyl sites for hydroxylation is 1. The number of rotatable bonds is 6. The highest BCUT2D eigenvalue weighted by molar-refractivity contribution is 6.02. The maximum absolute atomic E-state index is 12.1. The average Bonchev–Trinajstić information content (AvgIpc) is 3.15. The fraction of sp³-hybridized carbons (Fsp3) is 0.0500. The summed E-state index contributed by atoms with van der Waals surface area (Å²) >= 11 is 0. The summed E-state index contributed by atoms with van der Waals surface area (Å²) in [7, 11) is 0. The van der Waals surface area contributed by atoms with Gasteiger partial charge in [0.05, 0.1) is 11.4 Å². The molecule has 0 saturated heterocycles. The number of nitrogen functional groups attached to an aromatic ring is 1. The molecule has 0 aliphatic heterocycles. The largest absolute Gasteiger partial charge is 0.398 e. The molecule has 0 saturated carbocycles. The van der Waals surface area contributed by atoms with Crippen molar-refractivity contribution in [2.75, 3.05) is 11.1 Å². The second-order valence-electron chi connectivity index (χ2n) is 6.05. The summed E-state index contributed by atoms with van der Waals surface area (Å²) in [6.07, 6.45) is 4.42. The Morgan fingerprint density at radius 3 is 2.83 bits per heavy atom. The van der Waals surface area contributed by atoms with Crippen LogP contribution in [0.1, 0.15) is 27.5 Å². The third-order valence-corrected chi connectivity index (χ3v) is 3.78. The van der Waals surface area contributed by atoms with Crippen LogP contribution in [0.5, 0.6) is 0 Å². The van der Waals surface area contributed by atoms with Gasteiger partial charge in [-0.05, 0) is 49.4 Å². The summed E-state index contributed by atoms with van der Waals surface area (Å²) in [5.41, 5.74) is 14.1. The first kappa shape index (κ1) is 19.5. The van der Waals surface area contributed by atoms with Crippen LogP contribution in [0.25, 0.3) is 6.08 Å². The van der Waals surface area contributed by atoms with E-state index in [0.29, 0.717) is 34.2 Å². The van der Waals surface area contributed by atoms with Crippen molar-refractivity contribution >= 4 is 41.2 Å². The minimum Gasteiger partial charge on any atom is -0.398 e. The number of pyridine rings is 1. The zero-order valence-electron chi connectivity index (χ0n) is 15.6. The highest BCUT2D eigenvalue weighted by atomic mass is 16.5. The van der Waals surface area contributed by atoms with E-state index in [0.717, 1.165) is 6.21 Å². The van der Waals surface area contributed by atoms with Gasteiger partial charge in [-0.1, -0.05) is 11.2 Å². The first-order valence-corrected chi connectivity index (χ1v) is 8.58. The van der Waals surface area contributed by atoms with Gasteiger partial charge in [0.25, 0.3) is 5.91 Å². The lowest BCUT2D eigenvalue weighted by atomic mass is 10.2. The molecule has 29 heavy (non-hydrogen) atoms. The Kier molecular flexibility index (Phi) is 5.79. The van der Waals surface area contributed by atoms with Crippen molar-refractivity contribution in [2.24, 2.45) is 10.7 Å². The number of amidine groups is 1. The van der Waals surface area contributed by atoms with E-state index in [2.05, 4.69) is 20.4 Å². The highest BCUT2D eigenvalue weighted by Gasteiger charge is 2.11. The summed E-state index contributed by atoms with van der Waals surface area (Å²) in [6.45, 7) is 1.70. The number of aromatic nitrogens is 2. The lowest BCUT2D eigenvalue weighted by molar-refractivity contribution is 0.101. The topological polar surface area (TPSA) is 156 Å². The quantitative estimate of drug-likeness (QED) is 0.288. The number of nitrogens with two attached hydrogens (primary N) is 2. The van der Waals surface area contributed by atoms with Gasteiger partial charge in [0.2, 0.25) is 0 Å². The van der Waals surface area contributed by atoms with Crippen molar-refractivity contribution < 1.29 is 9.32 Å². The average molecular weight is 389 g/mol. The number of carbonyl (C=O) groups is 1. The molecule has 3 rings (SSSR count). The van der Waals surface area contributed by atoms with Crippen molar-refractivity contribution in [1.82, 2.24) is 10.1 Å². The standard InChI is InChI=1S/C20H19N7O2/c1-12-9-17(27-29-12)20(28)26-19-4-2-3-14(25-19)6-8-18(23)24-15-5-7-16(22)13(10-15)11-21/h2-11,21H,22H2,1H3,(H2,23,24)(H,25,26,28)/b8-6+,21-11?. The number of nitrogens with zero attached hydrogens (tertiary/aromatic N) is 3. The zero-order chi connectivity index (χ0) is 20.8. The molecular weight excluding hydrogens is 370 g/mol. The molecule has 2 heterocycles. The Hall–Kier alpha value is -4.27. The van der Waals surface area contributed by atoms with E-state index >= 15 is 0 Å². The molecule has 0 spiro atoms. The fourth-order valence-electron chi connectivity index (χ4n) is 2.38. The van der Waals surface area contributed by atoms with Crippen LogP contribution in [0.4, 0.5) is 17.2 Å². The third-order valence-electron chi connectivity index (χ3n) is 3.78. The van der Waals surface area contributed by atoms with E-state index in [1.54, 1.807) is 55.5 Å². The van der Waals surface area contributed by atoms with E-state index in [9.17, 15) is 4.79 Å². The number of benzene rings is 1. The van der Waals surface area contributed by atoms with E-state index in [-0.39, 0.29) is 11.5 Å². The minimum absolute atomic E-state index is 0.175. The van der Waals surface area contributed by atoms with Crippen LogP contribution in [-0.4, -0.2) is 28.1 Å². The molecule has 0 atom stereocenters. The van der Waals surface area contributed by atoms with E-state index in [1.807, 2.05) is 0 Å². The van der Waals surface area contributed by atoms with Crippen LogP contribution in [-0.2, 0) is 0 Å². The Labute approximate surface area is 166 Å². The van der Waals surface area contributed by atoms with E-state index in [4.69, 9.17) is 21.4 Å². The van der Waals surface area contributed by atoms with Gasteiger partial charge in [0, 0.05) is 23.5 Å². The smallest absolute Gasteiger partial charge is 0.279 e. The van der Waals surface area contributed by atoms with Crippen LogP contribution < -0.4 is 16.8 Å². The maximum Gasteiger partial charge on any atom is 0.279 e. The predicted octanol–water partition coefficient (Wildman–Crippen LogP) is 2.91. The van der Waals surface area contributed by atoms with E-state index in [1.165, 1.54) is 6.07 Å². The van der Waals surface area contributed by atoms with Crippen LogP contribution in [0.15, 0.2) is 58.1 Å². The number of nitrogens with one attached hydrogen (secondary N) is 2. The second-order valence-corrected chi connectivity index (χ2v) is 6.05. The van der Waals surface area contributed by atoms with Crippen molar-refractivity contribution in [3.05, 3.63) is 71.3 Å². The van der Waals surface area contributed by atoms with Gasteiger partial charge < -0.3 is 26.7 Å². The van der Waals surface area contributed by atoms with Crippen molar-refractivity contribution in [3.8, 4) is 0 Å². The third kappa shape index (κ3) is 5.13. The van der Waals surface area contributed by atoms with Crippen molar-refractivity contribution in [1.29, 1.82) is 5.41 Å². The normalized spacial score (nSPS) is 11.6. The van der Waals surface area contributed by atoms with Gasteiger partial charge in [-0.2, -0.15) is 0 Å². The summed E-state index contributed by atoms with van der Waals surface area (Å²) < 4.78 is 4.89. The zero-order valence-corrected chi connectivity index (χ0v) is 15.6. The van der Waals surface area contributed by atoms with Crippen molar-refractivity contribution in [2.45, 2.75) is 6.92 Å². The molecule has 0 fully saturated rings. The van der Waals surface area contributed by atoms with Crippen LogP contribution in [0.2, 0.25) is 0 Å². The van der Waals surface area contributed by atoms with Gasteiger partial charge >= 0.3 is 0 Å². The van der Waals surface area contributed by atoms with Crippen LogP contribution in [0.3, 0.4) is 0 Å². The molecule has 146 valence electrons. The van der Waals surface area contributed by atoms with Gasteiger partial charge in [-0.25, -0.2) is 9.98 Å². The summed E-state index contributed by atoms with van der Waals surface area (Å²) in [5, 5.41) is 13.7. The molecule has 9 nitrogen and oxygen atoms in total. The molecule has 0 aliphatic carbocycles. The van der Waals surface area contributed by atoms with E-state index < -0.39 is 5.91 Å². The molecule has 0 radical (unpaired) electrons. The van der Waals surface area contributed by atoms with Gasteiger partial charge in [-0.15, -0.1) is 0 Å². The Morgan fingerprint density at radius 2 is 2.10 bits per heavy atom. The second kappa shape index (κ2) is 8.61. The molecule has 1 aromatic carbocycles. The van der Waals surface area contributed by atoms with Crippen LogP contribution >= 0.6 is 0 Å². The summed E-state index contributed by atoms with van der Waals surface area (Å²) in [4.78, 5) is 20.7. The lowest BCUT2D eigenvalue weighted by Gasteiger charge is -2.03. The number of hydrogen-bond acceptors (Lipinski definition) is 7. The minimum atomic E-state index is -0.415. The molecule has 3 aromatic rings. The Balaban J connectivity index is 1.71. The predicted molar refractivity (Wildman–Crippen MR) is 112 cm³/mol. The molecular formula is C20H19N7O2. The van der Waals surface area contributed by atoms with Crippen LogP contribution in [0, 0.1) is 12.3 Å². The number of anilines is 2. The molecule has 0 aliphatic rings. The monoisotopic (exact) mass is 389 g/mol. The molecule has 1 amide bonds. The first-order valence-electron chi connectivity index (χ1n) is 8.58. The maximum atomic E-state index is 12.1. The number of aliphatic imine (C=N–C) groups is 1. The number of amides is 1. The summed E-state index contributed by atoms with van der Waals surface area (Å²) in [5.74, 6) is 0.743. The van der Waals surface area contributed by atoms with Gasteiger partial charge in [0.1, 0.15) is 17.4 Å². The van der Waals surface area contributed by atoms with Gasteiger partial charge in [0.15, 0.2) is 5.69 Å². The lowest BCUT2D eigenvalue weighted by Crippen LogP contribution is -2.13.